The maximum absolute atomic E-state index is 8.67. The van der Waals surface area contributed by atoms with Crippen molar-refractivity contribution >= 4 is 22.6 Å². The van der Waals surface area contributed by atoms with Gasteiger partial charge in [0.05, 0.1) is 12.7 Å². The van der Waals surface area contributed by atoms with Gasteiger partial charge >= 0.3 is 0 Å². The molecule has 0 saturated heterocycles. The molecule has 0 aromatic heterocycles. The summed E-state index contributed by atoms with van der Waals surface area (Å²) in [4.78, 5) is 0. The first kappa shape index (κ1) is 8.65. The summed E-state index contributed by atoms with van der Waals surface area (Å²) >= 11 is 2.14. The van der Waals surface area contributed by atoms with Crippen molar-refractivity contribution in [2.45, 2.75) is 24.1 Å². The minimum Gasteiger partial charge on any atom is -0.391 e. The molecule has 0 fully saturated rings. The van der Waals surface area contributed by atoms with E-state index in [-0.39, 0.29) is 10.2 Å². The first-order valence-electron chi connectivity index (χ1n) is 2.56. The molecule has 0 aromatic rings. The van der Waals surface area contributed by atoms with Crippen LogP contribution in [0.4, 0.5) is 0 Å². The van der Waals surface area contributed by atoms with Crippen molar-refractivity contribution in [1.29, 1.82) is 0 Å². The van der Waals surface area contributed by atoms with Crippen LogP contribution in [0.1, 0.15) is 13.8 Å². The van der Waals surface area contributed by atoms with Gasteiger partial charge in [-0.1, -0.05) is 22.6 Å². The summed E-state index contributed by atoms with van der Waals surface area (Å²) < 4.78 is 5.24. The highest BCUT2D eigenvalue weighted by molar-refractivity contribution is 14.1. The van der Waals surface area contributed by atoms with Crippen LogP contribution in [0, 0.1) is 0 Å². The topological polar surface area (TPSA) is 29.5 Å². The third kappa shape index (κ3) is 6.65. The van der Waals surface area contributed by atoms with E-state index >= 15 is 0 Å². The average molecular weight is 230 g/mol. The highest BCUT2D eigenvalue weighted by Crippen LogP contribution is 2.00. The zero-order valence-electron chi connectivity index (χ0n) is 5.10. The van der Waals surface area contributed by atoms with E-state index < -0.39 is 0 Å². The summed E-state index contributed by atoms with van der Waals surface area (Å²) in [5.41, 5.74) is 0. The number of hydrogen-bond acceptors (Lipinski definition) is 2. The Bertz CT molecular complexity index is 46.4. The molecule has 0 bridgehead atoms. The maximum atomic E-state index is 8.67. The fourth-order valence-corrected chi connectivity index (χ4v) is 0.479. The molecule has 0 spiro atoms. The summed E-state index contributed by atoms with van der Waals surface area (Å²) in [7, 11) is 0. The van der Waals surface area contributed by atoms with Crippen molar-refractivity contribution < 1.29 is 9.84 Å². The van der Waals surface area contributed by atoms with Crippen molar-refractivity contribution in [2.75, 3.05) is 6.61 Å². The fourth-order valence-electron chi connectivity index (χ4n) is 0.272. The Hall–Kier alpha value is 0.650. The molecule has 2 unspecified atom stereocenters. The van der Waals surface area contributed by atoms with Gasteiger partial charge in [0.1, 0.15) is 4.11 Å². The molecule has 0 aromatic carbocycles. The third-order valence-corrected chi connectivity index (χ3v) is 0.927. The predicted octanol–water partition coefficient (Wildman–Crippen LogP) is 1.16. The molecule has 8 heavy (non-hydrogen) atoms. The number of hydrogen-bond donors (Lipinski definition) is 1. The van der Waals surface area contributed by atoms with Crippen LogP contribution in [0.2, 0.25) is 0 Å². The highest BCUT2D eigenvalue weighted by atomic mass is 127. The zero-order valence-corrected chi connectivity index (χ0v) is 7.25. The lowest BCUT2D eigenvalue weighted by atomic mass is 10.4. The van der Waals surface area contributed by atoms with Crippen LogP contribution in [-0.4, -0.2) is 21.9 Å². The molecule has 0 aliphatic carbocycles. The summed E-state index contributed by atoms with van der Waals surface area (Å²) in [6.07, 6.45) is -0.341. The zero-order chi connectivity index (χ0) is 6.57. The molecule has 0 saturated carbocycles. The Labute approximate surface area is 63.4 Å². The number of aliphatic hydroxyl groups excluding tert-OH is 1. The minimum absolute atomic E-state index is 0.196. The smallest absolute Gasteiger partial charge is 0.106 e. The van der Waals surface area contributed by atoms with Crippen LogP contribution in [0.15, 0.2) is 0 Å². The van der Waals surface area contributed by atoms with Crippen LogP contribution < -0.4 is 0 Å². The maximum Gasteiger partial charge on any atom is 0.106 e. The second kappa shape index (κ2) is 4.52. The molecule has 3 heteroatoms. The number of aliphatic hydroxyl groups is 1. The lowest BCUT2D eigenvalue weighted by Gasteiger charge is -2.06. The van der Waals surface area contributed by atoms with E-state index in [2.05, 4.69) is 22.6 Å². The molecule has 0 rings (SSSR count). The normalized spacial score (nSPS) is 18.0. The molecule has 0 aliphatic rings. The predicted molar refractivity (Wildman–Crippen MR) is 41.1 cm³/mol. The van der Waals surface area contributed by atoms with E-state index in [1.54, 1.807) is 6.92 Å². The largest absolute Gasteiger partial charge is 0.391 e. The molecular formula is C5H11IO2. The first-order chi connectivity index (χ1) is 3.63. The van der Waals surface area contributed by atoms with Gasteiger partial charge in [0.2, 0.25) is 0 Å². The van der Waals surface area contributed by atoms with Crippen molar-refractivity contribution in [3.05, 3.63) is 0 Å². The Morgan fingerprint density at radius 1 is 1.62 bits per heavy atom. The van der Waals surface area contributed by atoms with Crippen molar-refractivity contribution in [1.82, 2.24) is 0 Å². The van der Waals surface area contributed by atoms with Crippen LogP contribution in [-0.2, 0) is 4.74 Å². The van der Waals surface area contributed by atoms with E-state index in [0.29, 0.717) is 6.61 Å². The molecule has 0 aliphatic heterocycles. The van der Waals surface area contributed by atoms with Crippen LogP contribution in [0.5, 0.6) is 0 Å². The third-order valence-electron chi connectivity index (χ3n) is 0.567. The van der Waals surface area contributed by atoms with Gasteiger partial charge in [-0.25, -0.2) is 0 Å². The Morgan fingerprint density at radius 2 is 2.12 bits per heavy atom. The van der Waals surface area contributed by atoms with Gasteiger partial charge in [-0.2, -0.15) is 0 Å². The Balaban J connectivity index is 2.93. The lowest BCUT2D eigenvalue weighted by Crippen LogP contribution is -2.12. The van der Waals surface area contributed by atoms with E-state index in [0.717, 1.165) is 0 Å². The van der Waals surface area contributed by atoms with Crippen LogP contribution in [0.3, 0.4) is 0 Å². The SMILES string of the molecule is CC(O)COC(C)I. The van der Waals surface area contributed by atoms with E-state index in [1.165, 1.54) is 0 Å². The van der Waals surface area contributed by atoms with Gasteiger partial charge in [-0.05, 0) is 13.8 Å². The summed E-state index contributed by atoms with van der Waals surface area (Å²) in [5.74, 6) is 0. The van der Waals surface area contributed by atoms with Crippen LogP contribution >= 0.6 is 22.6 Å². The first-order valence-corrected chi connectivity index (χ1v) is 3.81. The second-order valence-electron chi connectivity index (χ2n) is 1.73. The molecule has 0 amide bonds. The molecule has 0 radical (unpaired) electrons. The van der Waals surface area contributed by atoms with E-state index in [4.69, 9.17) is 9.84 Å². The van der Waals surface area contributed by atoms with Crippen molar-refractivity contribution in [3.63, 3.8) is 0 Å². The number of alkyl halides is 1. The lowest BCUT2D eigenvalue weighted by molar-refractivity contribution is 0.0456. The summed E-state index contributed by atoms with van der Waals surface area (Å²) in [6.45, 7) is 4.08. The monoisotopic (exact) mass is 230 g/mol. The number of halogens is 1. The highest BCUT2D eigenvalue weighted by Gasteiger charge is 1.97. The molecule has 1 N–H and O–H groups in total. The summed E-state index contributed by atoms with van der Waals surface area (Å²) in [5, 5.41) is 8.67. The summed E-state index contributed by atoms with van der Waals surface area (Å²) in [6, 6.07) is 0. The second-order valence-corrected chi connectivity index (χ2v) is 3.48. The molecule has 2 nitrogen and oxygen atoms in total. The molecular weight excluding hydrogens is 219 g/mol. The fraction of sp³-hybridized carbons (Fsp3) is 1.00. The van der Waals surface area contributed by atoms with Gasteiger partial charge in [-0.15, -0.1) is 0 Å². The van der Waals surface area contributed by atoms with Gasteiger partial charge in [0.25, 0.3) is 0 Å². The quantitative estimate of drug-likeness (QED) is 0.582. The van der Waals surface area contributed by atoms with E-state index in [1.807, 2.05) is 6.92 Å². The average Bonchev–Trinajstić information content (AvgIpc) is 1.61. The molecule has 2 atom stereocenters. The van der Waals surface area contributed by atoms with E-state index in [9.17, 15) is 0 Å². The van der Waals surface area contributed by atoms with Gasteiger partial charge in [0, 0.05) is 0 Å². The number of rotatable bonds is 3. The van der Waals surface area contributed by atoms with Crippen molar-refractivity contribution in [2.24, 2.45) is 0 Å². The molecule has 0 heterocycles. The van der Waals surface area contributed by atoms with Gasteiger partial charge < -0.3 is 9.84 Å². The molecule has 50 valence electrons. The number of ether oxygens (including phenoxy) is 1. The standard InChI is InChI=1S/C5H11IO2/c1-4(7)3-8-5(2)6/h4-5,7H,3H2,1-2H3. The minimum atomic E-state index is -0.341. The van der Waals surface area contributed by atoms with Gasteiger partial charge in [-0.3, -0.25) is 0 Å². The van der Waals surface area contributed by atoms with Gasteiger partial charge in [0.15, 0.2) is 0 Å². The Kier molecular flexibility index (Phi) is 4.89. The Morgan fingerprint density at radius 3 is 2.25 bits per heavy atom. The van der Waals surface area contributed by atoms with Crippen LogP contribution in [0.25, 0.3) is 0 Å². The van der Waals surface area contributed by atoms with Crippen molar-refractivity contribution in [3.8, 4) is 0 Å².